The number of amides is 1. The number of hydrogen-bond donors (Lipinski definition) is 1. The lowest BCUT2D eigenvalue weighted by Gasteiger charge is -2.36. The molecule has 1 saturated heterocycles. The third-order valence-electron chi connectivity index (χ3n) is 4.36. The standard InChI is InChI=1S/C16H17F3N4O2/c1-10-14(24)6-3-7-22(10)15(25)13-9-23(21-20-13)12-5-2-4-11(8-12)16(17,18)19/h2,4-5,8-10,14,24H,3,6-7H2,1H3/t10-,14-/m1/s1. The zero-order valence-corrected chi connectivity index (χ0v) is 13.4. The number of aliphatic hydroxyl groups is 1. The highest BCUT2D eigenvalue weighted by Crippen LogP contribution is 2.30. The average molecular weight is 354 g/mol. The molecule has 1 fully saturated rings. The Balaban J connectivity index is 1.84. The van der Waals surface area contributed by atoms with Gasteiger partial charge in [-0.2, -0.15) is 13.2 Å². The Labute approximate surface area is 141 Å². The van der Waals surface area contributed by atoms with Crippen LogP contribution in [-0.4, -0.2) is 49.6 Å². The van der Waals surface area contributed by atoms with Gasteiger partial charge >= 0.3 is 6.18 Å². The van der Waals surface area contributed by atoms with E-state index in [-0.39, 0.29) is 17.4 Å². The Morgan fingerprint density at radius 1 is 1.36 bits per heavy atom. The van der Waals surface area contributed by atoms with Gasteiger partial charge in [0.2, 0.25) is 0 Å². The number of aromatic nitrogens is 3. The summed E-state index contributed by atoms with van der Waals surface area (Å²) in [5.41, 5.74) is -0.618. The van der Waals surface area contributed by atoms with E-state index in [1.165, 1.54) is 23.2 Å². The molecular formula is C16H17F3N4O2. The van der Waals surface area contributed by atoms with Crippen molar-refractivity contribution >= 4 is 5.91 Å². The number of carbonyl (C=O) groups is 1. The first-order chi connectivity index (χ1) is 11.8. The minimum absolute atomic E-state index is 0.0263. The molecule has 0 spiro atoms. The third-order valence-corrected chi connectivity index (χ3v) is 4.36. The summed E-state index contributed by atoms with van der Waals surface area (Å²) in [7, 11) is 0. The lowest BCUT2D eigenvalue weighted by atomic mass is 10.00. The molecule has 0 saturated carbocycles. The van der Waals surface area contributed by atoms with E-state index in [1.54, 1.807) is 6.92 Å². The molecule has 1 aliphatic rings. The van der Waals surface area contributed by atoms with Crippen LogP contribution in [0.2, 0.25) is 0 Å². The minimum Gasteiger partial charge on any atom is -0.391 e. The summed E-state index contributed by atoms with van der Waals surface area (Å²) in [6.45, 7) is 2.24. The van der Waals surface area contributed by atoms with Gasteiger partial charge in [-0.3, -0.25) is 4.79 Å². The largest absolute Gasteiger partial charge is 0.416 e. The van der Waals surface area contributed by atoms with Gasteiger partial charge in [0, 0.05) is 6.54 Å². The fourth-order valence-corrected chi connectivity index (χ4v) is 2.87. The van der Waals surface area contributed by atoms with Crippen molar-refractivity contribution in [2.75, 3.05) is 6.54 Å². The molecule has 3 rings (SSSR count). The number of likely N-dealkylation sites (tertiary alicyclic amines) is 1. The van der Waals surface area contributed by atoms with Gasteiger partial charge in [-0.25, -0.2) is 4.68 Å². The van der Waals surface area contributed by atoms with Gasteiger partial charge in [0.1, 0.15) is 0 Å². The third kappa shape index (κ3) is 3.51. The van der Waals surface area contributed by atoms with Gasteiger partial charge in [0.05, 0.1) is 29.6 Å². The van der Waals surface area contributed by atoms with Crippen LogP contribution < -0.4 is 0 Å². The lowest BCUT2D eigenvalue weighted by molar-refractivity contribution is -0.137. The van der Waals surface area contributed by atoms with Crippen molar-refractivity contribution in [3.05, 3.63) is 41.7 Å². The van der Waals surface area contributed by atoms with E-state index in [4.69, 9.17) is 0 Å². The molecule has 0 unspecified atom stereocenters. The van der Waals surface area contributed by atoms with Crippen LogP contribution >= 0.6 is 0 Å². The van der Waals surface area contributed by atoms with Crippen LogP contribution in [0.5, 0.6) is 0 Å². The van der Waals surface area contributed by atoms with Crippen molar-refractivity contribution in [2.45, 2.75) is 38.1 Å². The minimum atomic E-state index is -4.46. The summed E-state index contributed by atoms with van der Waals surface area (Å²) < 4.78 is 39.6. The Morgan fingerprint density at radius 2 is 2.12 bits per heavy atom. The molecule has 1 N–H and O–H groups in total. The molecule has 2 heterocycles. The second-order valence-electron chi connectivity index (χ2n) is 6.05. The van der Waals surface area contributed by atoms with Gasteiger partial charge in [0.15, 0.2) is 5.69 Å². The molecule has 9 heteroatoms. The topological polar surface area (TPSA) is 71.2 Å². The van der Waals surface area contributed by atoms with E-state index >= 15 is 0 Å². The van der Waals surface area contributed by atoms with E-state index in [9.17, 15) is 23.1 Å². The predicted octanol–water partition coefficient (Wildman–Crippen LogP) is 2.27. The SMILES string of the molecule is C[C@@H]1[C@H](O)CCCN1C(=O)c1cn(-c2cccc(C(F)(F)F)c2)nn1. The van der Waals surface area contributed by atoms with Gasteiger partial charge < -0.3 is 10.0 Å². The number of aliphatic hydroxyl groups excluding tert-OH is 1. The maximum Gasteiger partial charge on any atom is 0.416 e. The highest BCUT2D eigenvalue weighted by atomic mass is 19.4. The van der Waals surface area contributed by atoms with Crippen molar-refractivity contribution < 1.29 is 23.1 Å². The van der Waals surface area contributed by atoms with Crippen LogP contribution in [0.15, 0.2) is 30.5 Å². The Kier molecular flexibility index (Phi) is 4.51. The molecule has 134 valence electrons. The summed E-state index contributed by atoms with van der Waals surface area (Å²) in [5.74, 6) is -0.399. The van der Waals surface area contributed by atoms with Crippen LogP contribution in [0.25, 0.3) is 5.69 Å². The second kappa shape index (κ2) is 6.47. The summed E-state index contributed by atoms with van der Waals surface area (Å²) in [6.07, 6.45) is -2.46. The number of hydrogen-bond acceptors (Lipinski definition) is 4. The summed E-state index contributed by atoms with van der Waals surface area (Å²) in [4.78, 5) is 14.1. The molecule has 1 aromatic carbocycles. The maximum absolute atomic E-state index is 12.8. The summed E-state index contributed by atoms with van der Waals surface area (Å²) in [5, 5.41) is 17.4. The molecule has 0 bridgehead atoms. The first-order valence-electron chi connectivity index (χ1n) is 7.86. The molecule has 6 nitrogen and oxygen atoms in total. The van der Waals surface area contributed by atoms with Crippen molar-refractivity contribution in [3.8, 4) is 5.69 Å². The Hall–Kier alpha value is -2.42. The van der Waals surface area contributed by atoms with Crippen LogP contribution in [0.1, 0.15) is 35.8 Å². The first-order valence-corrected chi connectivity index (χ1v) is 7.86. The van der Waals surface area contributed by atoms with Crippen molar-refractivity contribution in [2.24, 2.45) is 0 Å². The molecule has 2 aromatic rings. The fraction of sp³-hybridized carbons (Fsp3) is 0.438. The Bertz CT molecular complexity index is 775. The normalized spacial score (nSPS) is 21.4. The monoisotopic (exact) mass is 354 g/mol. The molecule has 0 aliphatic carbocycles. The molecule has 0 radical (unpaired) electrons. The van der Waals surface area contributed by atoms with E-state index in [0.717, 1.165) is 16.8 Å². The molecule has 2 atom stereocenters. The molecular weight excluding hydrogens is 337 g/mol. The van der Waals surface area contributed by atoms with Crippen LogP contribution in [0, 0.1) is 0 Å². The number of alkyl halides is 3. The van der Waals surface area contributed by atoms with E-state index < -0.39 is 23.8 Å². The first kappa shape index (κ1) is 17.4. The number of piperidine rings is 1. The van der Waals surface area contributed by atoms with Crippen molar-refractivity contribution in [1.29, 1.82) is 0 Å². The van der Waals surface area contributed by atoms with Crippen molar-refractivity contribution in [1.82, 2.24) is 19.9 Å². The molecule has 1 amide bonds. The predicted molar refractivity (Wildman–Crippen MR) is 82.1 cm³/mol. The number of benzene rings is 1. The lowest BCUT2D eigenvalue weighted by Crippen LogP contribution is -2.49. The quantitative estimate of drug-likeness (QED) is 0.898. The molecule has 1 aromatic heterocycles. The highest BCUT2D eigenvalue weighted by Gasteiger charge is 2.32. The van der Waals surface area contributed by atoms with E-state index in [2.05, 4.69) is 10.3 Å². The van der Waals surface area contributed by atoms with Gasteiger partial charge in [-0.15, -0.1) is 5.10 Å². The van der Waals surface area contributed by atoms with Gasteiger partial charge in [-0.05, 0) is 38.0 Å². The van der Waals surface area contributed by atoms with Crippen LogP contribution in [0.3, 0.4) is 0 Å². The summed E-state index contributed by atoms with van der Waals surface area (Å²) in [6, 6.07) is 4.27. The molecule has 25 heavy (non-hydrogen) atoms. The number of nitrogens with zero attached hydrogens (tertiary/aromatic N) is 4. The van der Waals surface area contributed by atoms with Crippen molar-refractivity contribution in [3.63, 3.8) is 0 Å². The van der Waals surface area contributed by atoms with E-state index in [0.29, 0.717) is 19.4 Å². The van der Waals surface area contributed by atoms with Gasteiger partial charge in [0.25, 0.3) is 5.91 Å². The van der Waals surface area contributed by atoms with Crippen LogP contribution in [0.4, 0.5) is 13.2 Å². The van der Waals surface area contributed by atoms with Gasteiger partial charge in [-0.1, -0.05) is 11.3 Å². The highest BCUT2D eigenvalue weighted by molar-refractivity contribution is 5.92. The van der Waals surface area contributed by atoms with Crippen LogP contribution in [-0.2, 0) is 6.18 Å². The Morgan fingerprint density at radius 3 is 2.84 bits per heavy atom. The second-order valence-corrected chi connectivity index (χ2v) is 6.05. The fourth-order valence-electron chi connectivity index (χ4n) is 2.87. The summed E-state index contributed by atoms with van der Waals surface area (Å²) >= 11 is 0. The maximum atomic E-state index is 12.8. The number of halogens is 3. The zero-order chi connectivity index (χ0) is 18.2. The average Bonchev–Trinajstić information content (AvgIpc) is 3.06. The zero-order valence-electron chi connectivity index (χ0n) is 13.4. The molecule has 1 aliphatic heterocycles. The number of rotatable bonds is 2. The smallest absolute Gasteiger partial charge is 0.391 e. The van der Waals surface area contributed by atoms with E-state index in [1.807, 2.05) is 0 Å². The number of carbonyl (C=O) groups excluding carboxylic acids is 1.